The normalized spacial score (nSPS) is 15.9. The van der Waals surface area contributed by atoms with Gasteiger partial charge in [0.2, 0.25) is 10.0 Å². The summed E-state index contributed by atoms with van der Waals surface area (Å²) in [6.07, 6.45) is 0.919. The predicted molar refractivity (Wildman–Crippen MR) is 103 cm³/mol. The highest BCUT2D eigenvalue weighted by Gasteiger charge is 2.30. The molecule has 0 bridgehead atoms. The summed E-state index contributed by atoms with van der Waals surface area (Å²) in [4.78, 5) is 19.0. The first kappa shape index (κ1) is 19.7. The number of hydrogen-bond donors (Lipinski definition) is 1. The Kier molecular flexibility index (Phi) is 5.75. The highest BCUT2D eigenvalue weighted by Crippen LogP contribution is 2.34. The average molecular weight is 412 g/mol. The molecule has 1 aliphatic rings. The number of para-hydroxylation sites is 1. The van der Waals surface area contributed by atoms with Crippen LogP contribution in [0.2, 0.25) is 0 Å². The molecule has 27 heavy (non-hydrogen) atoms. The third-order valence-corrected chi connectivity index (χ3v) is 6.45. The Morgan fingerprint density at radius 2 is 2.00 bits per heavy atom. The van der Waals surface area contributed by atoms with E-state index in [4.69, 9.17) is 5.14 Å². The average Bonchev–Trinajstić information content (AvgIpc) is 3.08. The molecule has 2 aromatic rings. The van der Waals surface area contributed by atoms with Crippen LogP contribution in [0.15, 0.2) is 28.5 Å². The Balaban J connectivity index is 1.75. The Morgan fingerprint density at radius 1 is 1.30 bits per heavy atom. The van der Waals surface area contributed by atoms with E-state index in [0.29, 0.717) is 26.2 Å². The maximum Gasteiger partial charge on any atom is 0.312 e. The largest absolute Gasteiger partial charge is 0.363 e. The van der Waals surface area contributed by atoms with Gasteiger partial charge in [0, 0.05) is 38.1 Å². The van der Waals surface area contributed by atoms with Crippen LogP contribution in [0, 0.1) is 10.1 Å². The number of benzene rings is 1. The molecule has 2 heterocycles. The lowest BCUT2D eigenvalue weighted by molar-refractivity contribution is -0.387. The second-order valence-electron chi connectivity index (χ2n) is 6.28. The summed E-state index contributed by atoms with van der Waals surface area (Å²) >= 11 is 1.65. The lowest BCUT2D eigenvalue weighted by atomic mass is 10.2. The zero-order valence-corrected chi connectivity index (χ0v) is 16.5. The topological polar surface area (TPSA) is 123 Å². The number of primary sulfonamides is 1. The van der Waals surface area contributed by atoms with Gasteiger partial charge in [0.15, 0.2) is 4.90 Å². The van der Waals surface area contributed by atoms with Crippen LogP contribution in [0.4, 0.5) is 11.4 Å². The molecule has 0 spiro atoms. The molecule has 3 rings (SSSR count). The van der Waals surface area contributed by atoms with Crippen molar-refractivity contribution in [2.24, 2.45) is 5.14 Å². The predicted octanol–water partition coefficient (Wildman–Crippen LogP) is 1.58. The van der Waals surface area contributed by atoms with Gasteiger partial charge < -0.3 is 4.90 Å². The van der Waals surface area contributed by atoms with E-state index in [1.807, 2.05) is 4.90 Å². The van der Waals surface area contributed by atoms with Crippen molar-refractivity contribution < 1.29 is 13.3 Å². The molecular weight excluding hydrogens is 390 g/mol. The fraction of sp³-hybridized carbons (Fsp3) is 0.438. The van der Waals surface area contributed by atoms with E-state index in [0.717, 1.165) is 23.7 Å². The maximum absolute atomic E-state index is 11.7. The summed E-state index contributed by atoms with van der Waals surface area (Å²) in [5, 5.41) is 19.8. The molecule has 9 nitrogen and oxygen atoms in total. The van der Waals surface area contributed by atoms with Crippen LogP contribution in [0.1, 0.15) is 17.6 Å². The zero-order chi connectivity index (χ0) is 19.6. The smallest absolute Gasteiger partial charge is 0.312 e. The molecule has 0 amide bonds. The third-order valence-electron chi connectivity index (χ3n) is 4.47. The molecule has 1 aliphatic heterocycles. The number of rotatable bonds is 6. The van der Waals surface area contributed by atoms with E-state index in [1.165, 1.54) is 12.1 Å². The second kappa shape index (κ2) is 7.89. The molecule has 1 aromatic heterocycles. The number of aryl methyl sites for hydroxylation is 1. The molecule has 11 heteroatoms. The van der Waals surface area contributed by atoms with Gasteiger partial charge in [-0.15, -0.1) is 11.3 Å². The minimum atomic E-state index is -4.18. The number of nitrogens with two attached hydrogens (primary N) is 1. The maximum atomic E-state index is 11.7. The first-order chi connectivity index (χ1) is 12.8. The lowest BCUT2D eigenvalue weighted by Crippen LogP contribution is -2.46. The van der Waals surface area contributed by atoms with Crippen LogP contribution in [0.5, 0.6) is 0 Å². The Bertz CT molecular complexity index is 936. The monoisotopic (exact) mass is 411 g/mol. The zero-order valence-electron chi connectivity index (χ0n) is 14.9. The summed E-state index contributed by atoms with van der Waals surface area (Å²) in [6.45, 7) is 5.33. The SMILES string of the molecule is CCc1nc(CN2CCN(c3cccc(S(N)(=O)=O)c3[N+](=O)[O-])CC2)cs1. The molecular formula is C16H21N5O4S2. The van der Waals surface area contributed by atoms with E-state index in [2.05, 4.69) is 22.2 Å². The summed E-state index contributed by atoms with van der Waals surface area (Å²) in [7, 11) is -4.18. The van der Waals surface area contributed by atoms with Gasteiger partial charge in [0.25, 0.3) is 0 Å². The summed E-state index contributed by atoms with van der Waals surface area (Å²) in [5.41, 5.74) is 0.862. The molecule has 0 saturated carbocycles. The Hall–Kier alpha value is -2.08. The lowest BCUT2D eigenvalue weighted by Gasteiger charge is -2.35. The van der Waals surface area contributed by atoms with Crippen molar-refractivity contribution in [2.75, 3.05) is 31.1 Å². The molecule has 0 radical (unpaired) electrons. The van der Waals surface area contributed by atoms with Gasteiger partial charge in [-0.05, 0) is 18.6 Å². The number of nitrogens with zero attached hydrogens (tertiary/aromatic N) is 4. The van der Waals surface area contributed by atoms with E-state index < -0.39 is 25.5 Å². The van der Waals surface area contributed by atoms with Gasteiger partial charge in [-0.1, -0.05) is 13.0 Å². The van der Waals surface area contributed by atoms with Crippen LogP contribution in [0.3, 0.4) is 0 Å². The number of hydrogen-bond acceptors (Lipinski definition) is 8. The number of anilines is 1. The number of piperazine rings is 1. The molecule has 0 unspecified atom stereocenters. The van der Waals surface area contributed by atoms with Crippen LogP contribution in [-0.4, -0.2) is 49.4 Å². The van der Waals surface area contributed by atoms with Gasteiger partial charge in [-0.25, -0.2) is 18.5 Å². The van der Waals surface area contributed by atoms with Gasteiger partial charge >= 0.3 is 5.69 Å². The van der Waals surface area contributed by atoms with E-state index in [-0.39, 0.29) is 5.69 Å². The van der Waals surface area contributed by atoms with Crippen molar-refractivity contribution in [3.8, 4) is 0 Å². The van der Waals surface area contributed by atoms with Crippen LogP contribution in [-0.2, 0) is 23.0 Å². The van der Waals surface area contributed by atoms with Crippen molar-refractivity contribution in [3.05, 3.63) is 44.4 Å². The highest BCUT2D eigenvalue weighted by atomic mass is 32.2. The summed E-state index contributed by atoms with van der Waals surface area (Å²) in [5.74, 6) is 0. The second-order valence-corrected chi connectivity index (χ2v) is 8.75. The van der Waals surface area contributed by atoms with Crippen molar-refractivity contribution in [3.63, 3.8) is 0 Å². The quantitative estimate of drug-likeness (QED) is 0.565. The third kappa shape index (κ3) is 4.43. The molecule has 0 aliphatic carbocycles. The first-order valence-electron chi connectivity index (χ1n) is 8.50. The van der Waals surface area contributed by atoms with Crippen molar-refractivity contribution in [2.45, 2.75) is 24.8 Å². The molecule has 1 saturated heterocycles. The van der Waals surface area contributed by atoms with Gasteiger partial charge in [-0.2, -0.15) is 0 Å². The molecule has 1 aromatic carbocycles. The number of aromatic nitrogens is 1. The number of nitro benzene ring substituents is 1. The van der Waals surface area contributed by atoms with Gasteiger partial charge in [0.05, 0.1) is 15.6 Å². The summed E-state index contributed by atoms with van der Waals surface area (Å²) in [6, 6.07) is 4.22. The molecule has 1 fully saturated rings. The Labute approximate surface area is 161 Å². The first-order valence-corrected chi connectivity index (χ1v) is 10.9. The van der Waals surface area contributed by atoms with E-state index >= 15 is 0 Å². The van der Waals surface area contributed by atoms with E-state index in [9.17, 15) is 18.5 Å². The number of thiazole rings is 1. The fourth-order valence-corrected chi connectivity index (χ4v) is 4.59. The molecule has 146 valence electrons. The molecule has 0 atom stereocenters. The van der Waals surface area contributed by atoms with Crippen LogP contribution < -0.4 is 10.0 Å². The summed E-state index contributed by atoms with van der Waals surface area (Å²) < 4.78 is 23.4. The fourth-order valence-electron chi connectivity index (χ4n) is 3.14. The minimum Gasteiger partial charge on any atom is -0.363 e. The highest BCUT2D eigenvalue weighted by molar-refractivity contribution is 7.89. The van der Waals surface area contributed by atoms with Crippen LogP contribution >= 0.6 is 11.3 Å². The Morgan fingerprint density at radius 3 is 2.56 bits per heavy atom. The van der Waals surface area contributed by atoms with Crippen molar-refractivity contribution >= 4 is 32.7 Å². The van der Waals surface area contributed by atoms with Crippen molar-refractivity contribution in [1.82, 2.24) is 9.88 Å². The standard InChI is InChI=1S/C16H21N5O4S2/c1-2-15-18-12(11-26-15)10-19-6-8-20(9-7-19)13-4-3-5-14(27(17,24)25)16(13)21(22)23/h3-5,11H,2,6-10H2,1H3,(H2,17,24,25). The van der Waals surface area contributed by atoms with Crippen molar-refractivity contribution in [1.29, 1.82) is 0 Å². The number of sulfonamides is 1. The minimum absolute atomic E-state index is 0.285. The number of nitro groups is 1. The van der Waals surface area contributed by atoms with Crippen LogP contribution in [0.25, 0.3) is 0 Å². The van der Waals surface area contributed by atoms with Gasteiger partial charge in [0.1, 0.15) is 5.69 Å². The van der Waals surface area contributed by atoms with Gasteiger partial charge in [-0.3, -0.25) is 15.0 Å². The molecule has 2 N–H and O–H groups in total. The van der Waals surface area contributed by atoms with E-state index in [1.54, 1.807) is 17.4 Å².